The van der Waals surface area contributed by atoms with Gasteiger partial charge in [-0.3, -0.25) is 14.3 Å². The lowest BCUT2D eigenvalue weighted by atomic mass is 9.85. The molecule has 1 aromatic heterocycles. The SMILES string of the molecule is CCC1(C)CC1C(=O)N1CC2CC1CCC2NC(=O)c1cc(C)n(C)n1. The van der Waals surface area contributed by atoms with Crippen LogP contribution in [-0.2, 0) is 11.8 Å². The molecule has 4 rings (SSSR count). The molecule has 5 atom stereocenters. The monoisotopic (exact) mass is 358 g/mol. The maximum absolute atomic E-state index is 12.9. The maximum Gasteiger partial charge on any atom is 0.272 e. The number of nitrogens with zero attached hydrogens (tertiary/aromatic N) is 3. The van der Waals surface area contributed by atoms with Gasteiger partial charge in [0.1, 0.15) is 5.69 Å². The molecular formula is C20H30N4O2. The predicted octanol–water partition coefficient (Wildman–Crippen LogP) is 2.27. The van der Waals surface area contributed by atoms with Gasteiger partial charge < -0.3 is 10.2 Å². The number of rotatable bonds is 4. The lowest BCUT2D eigenvalue weighted by molar-refractivity contribution is -0.134. The molecule has 2 bridgehead atoms. The van der Waals surface area contributed by atoms with Gasteiger partial charge in [0.05, 0.1) is 0 Å². The van der Waals surface area contributed by atoms with Crippen LogP contribution < -0.4 is 5.32 Å². The van der Waals surface area contributed by atoms with Crippen molar-refractivity contribution < 1.29 is 9.59 Å². The number of carbonyl (C=O) groups is 2. The minimum Gasteiger partial charge on any atom is -0.348 e. The third-order valence-corrected chi connectivity index (χ3v) is 7.23. The zero-order valence-corrected chi connectivity index (χ0v) is 16.3. The average molecular weight is 358 g/mol. The third kappa shape index (κ3) is 2.83. The van der Waals surface area contributed by atoms with E-state index in [1.54, 1.807) is 4.68 Å². The molecule has 6 heteroatoms. The summed E-state index contributed by atoms with van der Waals surface area (Å²) >= 11 is 0. The Morgan fingerprint density at radius 3 is 2.77 bits per heavy atom. The topological polar surface area (TPSA) is 67.2 Å². The molecule has 0 spiro atoms. The number of hydrogen-bond acceptors (Lipinski definition) is 3. The summed E-state index contributed by atoms with van der Waals surface area (Å²) in [5.41, 5.74) is 1.67. The Bertz CT molecular complexity index is 723. The van der Waals surface area contributed by atoms with Gasteiger partial charge in [-0.2, -0.15) is 5.10 Å². The molecule has 2 amide bonds. The Morgan fingerprint density at radius 2 is 2.15 bits per heavy atom. The molecule has 142 valence electrons. The lowest BCUT2D eigenvalue weighted by Crippen LogP contribution is -2.42. The second kappa shape index (κ2) is 6.10. The summed E-state index contributed by atoms with van der Waals surface area (Å²) in [6, 6.07) is 2.35. The van der Waals surface area contributed by atoms with Gasteiger partial charge in [-0.05, 0) is 56.4 Å². The molecule has 1 saturated heterocycles. The first-order valence-corrected chi connectivity index (χ1v) is 9.94. The van der Waals surface area contributed by atoms with E-state index < -0.39 is 0 Å². The van der Waals surface area contributed by atoms with Gasteiger partial charge in [0.15, 0.2) is 0 Å². The number of carbonyl (C=O) groups excluding carboxylic acids is 2. The highest BCUT2D eigenvalue weighted by Crippen LogP contribution is 2.56. The third-order valence-electron chi connectivity index (χ3n) is 7.23. The summed E-state index contributed by atoms with van der Waals surface area (Å²) in [4.78, 5) is 27.6. The summed E-state index contributed by atoms with van der Waals surface area (Å²) in [6.45, 7) is 7.15. The van der Waals surface area contributed by atoms with Gasteiger partial charge in [0.25, 0.3) is 5.91 Å². The van der Waals surface area contributed by atoms with E-state index >= 15 is 0 Å². The minimum absolute atomic E-state index is 0.0947. The molecule has 5 unspecified atom stereocenters. The molecule has 1 N–H and O–H groups in total. The second-order valence-electron chi connectivity index (χ2n) is 8.86. The quantitative estimate of drug-likeness (QED) is 0.898. The smallest absolute Gasteiger partial charge is 0.272 e. The summed E-state index contributed by atoms with van der Waals surface area (Å²) < 4.78 is 1.72. The highest BCUT2D eigenvalue weighted by molar-refractivity contribution is 5.92. The van der Waals surface area contributed by atoms with Crippen molar-refractivity contribution in [3.8, 4) is 0 Å². The Morgan fingerprint density at radius 1 is 1.38 bits per heavy atom. The fourth-order valence-electron chi connectivity index (χ4n) is 4.88. The van der Waals surface area contributed by atoms with Gasteiger partial charge in [-0.1, -0.05) is 13.8 Å². The van der Waals surface area contributed by atoms with Crippen molar-refractivity contribution in [2.75, 3.05) is 6.54 Å². The van der Waals surface area contributed by atoms with Crippen LogP contribution in [0.25, 0.3) is 0 Å². The molecule has 26 heavy (non-hydrogen) atoms. The van der Waals surface area contributed by atoms with Crippen LogP contribution in [0.15, 0.2) is 6.07 Å². The number of likely N-dealkylation sites (tertiary alicyclic amines) is 1. The molecule has 3 aliphatic rings. The van der Waals surface area contributed by atoms with Crippen LogP contribution in [0.1, 0.15) is 62.1 Å². The number of fused-ring (bicyclic) bond motifs is 2. The maximum atomic E-state index is 12.9. The minimum atomic E-state index is -0.0947. The van der Waals surface area contributed by atoms with Crippen molar-refractivity contribution in [3.63, 3.8) is 0 Å². The van der Waals surface area contributed by atoms with E-state index in [1.807, 2.05) is 20.0 Å². The molecule has 2 saturated carbocycles. The van der Waals surface area contributed by atoms with Crippen molar-refractivity contribution in [1.82, 2.24) is 20.0 Å². The van der Waals surface area contributed by atoms with E-state index in [4.69, 9.17) is 0 Å². The van der Waals surface area contributed by atoms with Gasteiger partial charge >= 0.3 is 0 Å². The summed E-state index contributed by atoms with van der Waals surface area (Å²) in [5.74, 6) is 0.853. The first-order chi connectivity index (χ1) is 12.3. The molecule has 0 aromatic carbocycles. The Labute approximate surface area is 155 Å². The average Bonchev–Trinajstić information content (AvgIpc) is 3.01. The zero-order chi connectivity index (χ0) is 18.6. The number of hydrogen-bond donors (Lipinski definition) is 1. The Hall–Kier alpha value is -1.85. The predicted molar refractivity (Wildman–Crippen MR) is 98.5 cm³/mol. The van der Waals surface area contributed by atoms with Crippen molar-refractivity contribution >= 4 is 11.8 Å². The van der Waals surface area contributed by atoms with Gasteiger partial charge in [0.2, 0.25) is 5.91 Å². The molecular weight excluding hydrogens is 328 g/mol. The highest BCUT2D eigenvalue weighted by Gasteiger charge is 2.56. The summed E-state index contributed by atoms with van der Waals surface area (Å²) in [7, 11) is 1.85. The molecule has 6 nitrogen and oxygen atoms in total. The largest absolute Gasteiger partial charge is 0.348 e. The van der Waals surface area contributed by atoms with Crippen molar-refractivity contribution in [1.29, 1.82) is 0 Å². The van der Waals surface area contributed by atoms with Crippen LogP contribution in [0.5, 0.6) is 0 Å². The van der Waals surface area contributed by atoms with Crippen molar-refractivity contribution in [3.05, 3.63) is 17.5 Å². The fourth-order valence-corrected chi connectivity index (χ4v) is 4.88. The van der Waals surface area contributed by atoms with Crippen LogP contribution in [0, 0.1) is 24.2 Å². The number of nitrogens with one attached hydrogen (secondary N) is 1. The van der Waals surface area contributed by atoms with Crippen LogP contribution in [0.4, 0.5) is 0 Å². The highest BCUT2D eigenvalue weighted by atomic mass is 16.2. The molecule has 2 aliphatic carbocycles. The molecule has 2 heterocycles. The van der Waals surface area contributed by atoms with Crippen molar-refractivity contribution in [2.24, 2.45) is 24.3 Å². The van der Waals surface area contributed by atoms with E-state index in [0.29, 0.717) is 23.6 Å². The van der Waals surface area contributed by atoms with Crippen LogP contribution in [0.2, 0.25) is 0 Å². The molecule has 1 aromatic rings. The van der Waals surface area contributed by atoms with Crippen LogP contribution in [0.3, 0.4) is 0 Å². The van der Waals surface area contributed by atoms with E-state index in [2.05, 4.69) is 29.2 Å². The van der Waals surface area contributed by atoms with E-state index in [0.717, 1.165) is 44.3 Å². The molecule has 0 radical (unpaired) electrons. The summed E-state index contributed by atoms with van der Waals surface area (Å²) in [6.07, 6.45) is 5.08. The van der Waals surface area contributed by atoms with E-state index in [1.165, 1.54) is 0 Å². The van der Waals surface area contributed by atoms with Crippen LogP contribution in [-0.4, -0.2) is 45.1 Å². The fraction of sp³-hybridized carbons (Fsp3) is 0.750. The van der Waals surface area contributed by atoms with Crippen molar-refractivity contribution in [2.45, 2.75) is 65.0 Å². The second-order valence-corrected chi connectivity index (χ2v) is 8.86. The Balaban J connectivity index is 1.39. The number of aryl methyl sites for hydroxylation is 2. The van der Waals surface area contributed by atoms with Gasteiger partial charge in [-0.15, -0.1) is 0 Å². The molecule has 1 aliphatic heterocycles. The van der Waals surface area contributed by atoms with E-state index in [-0.39, 0.29) is 23.3 Å². The Kier molecular flexibility index (Phi) is 4.12. The summed E-state index contributed by atoms with van der Waals surface area (Å²) in [5, 5.41) is 7.46. The standard InChI is InChI=1S/C20H30N4O2/c1-5-20(3)10-15(20)19(26)24-11-13-9-14(24)6-7-16(13)21-18(25)17-8-12(2)23(4)22-17/h8,13-16H,5-7,9-11H2,1-4H3,(H,21,25). The van der Waals surface area contributed by atoms with Crippen LogP contribution >= 0.6 is 0 Å². The first kappa shape index (κ1) is 17.6. The lowest BCUT2D eigenvalue weighted by Gasteiger charge is -2.29. The number of aromatic nitrogens is 2. The molecule has 3 fully saturated rings. The zero-order valence-electron chi connectivity index (χ0n) is 16.3. The van der Waals surface area contributed by atoms with Gasteiger partial charge in [-0.25, -0.2) is 0 Å². The van der Waals surface area contributed by atoms with Gasteiger partial charge in [0, 0.05) is 37.3 Å². The normalized spacial score (nSPS) is 35.5. The van der Waals surface area contributed by atoms with E-state index in [9.17, 15) is 9.59 Å². The first-order valence-electron chi connectivity index (χ1n) is 9.94. The number of amides is 2.